The molecule has 4 nitrogen and oxygen atoms in total. The molecule has 1 aliphatic heterocycles. The van der Waals surface area contributed by atoms with Crippen LogP contribution in [0, 0.1) is 0 Å². The Morgan fingerprint density at radius 1 is 1.11 bits per heavy atom. The number of hydrogen-bond donors (Lipinski definition) is 2. The van der Waals surface area contributed by atoms with Gasteiger partial charge in [-0.3, -0.25) is 4.79 Å². The van der Waals surface area contributed by atoms with Gasteiger partial charge in [-0.25, -0.2) is 0 Å². The normalized spacial score (nSPS) is 16.1. The second-order valence-corrected chi connectivity index (χ2v) is 7.19. The first-order valence-electron chi connectivity index (χ1n) is 8.93. The van der Waals surface area contributed by atoms with Crippen molar-refractivity contribution < 1.29 is 9.90 Å². The number of hydrogen-bond acceptors (Lipinski definition) is 2. The van der Waals surface area contributed by atoms with E-state index in [1.54, 1.807) is 0 Å². The van der Waals surface area contributed by atoms with Gasteiger partial charge < -0.3 is 15.0 Å². The summed E-state index contributed by atoms with van der Waals surface area (Å²) in [5, 5.41) is 15.8. The summed E-state index contributed by atoms with van der Waals surface area (Å²) in [6.07, 6.45) is -1.02. The lowest BCUT2D eigenvalue weighted by molar-refractivity contribution is 0.0852. The number of benzene rings is 3. The molecule has 2 heterocycles. The van der Waals surface area contributed by atoms with Crippen molar-refractivity contribution in [2.75, 3.05) is 0 Å². The Balaban J connectivity index is 1.98. The fraction of sp³-hybridized carbons (Fsp3) is 0.136. The van der Waals surface area contributed by atoms with Gasteiger partial charge in [-0.1, -0.05) is 41.9 Å². The zero-order valence-electron chi connectivity index (χ0n) is 14.7. The van der Waals surface area contributed by atoms with E-state index in [4.69, 9.17) is 11.6 Å². The lowest BCUT2D eigenvalue weighted by Gasteiger charge is -2.13. The van der Waals surface area contributed by atoms with Gasteiger partial charge in [0.15, 0.2) is 6.23 Å². The number of rotatable bonds is 2. The molecule has 2 N–H and O–H groups in total. The maximum atomic E-state index is 12.8. The van der Waals surface area contributed by atoms with Crippen LogP contribution in [-0.4, -0.2) is 15.6 Å². The molecule has 0 saturated carbocycles. The van der Waals surface area contributed by atoms with Crippen LogP contribution < -0.4 is 5.32 Å². The number of amides is 1. The molecule has 0 aliphatic carbocycles. The van der Waals surface area contributed by atoms with Crippen LogP contribution in [0.2, 0.25) is 5.02 Å². The molecule has 0 saturated heterocycles. The van der Waals surface area contributed by atoms with Crippen molar-refractivity contribution in [1.82, 2.24) is 9.88 Å². The number of halogens is 1. The van der Waals surface area contributed by atoms with E-state index in [-0.39, 0.29) is 5.91 Å². The highest BCUT2D eigenvalue weighted by Crippen LogP contribution is 2.43. The van der Waals surface area contributed by atoms with Gasteiger partial charge in [0, 0.05) is 33.4 Å². The van der Waals surface area contributed by atoms with Gasteiger partial charge in [0.1, 0.15) is 0 Å². The van der Waals surface area contributed by atoms with Gasteiger partial charge in [0.25, 0.3) is 5.91 Å². The molecule has 0 bridgehead atoms. The molecule has 3 aromatic carbocycles. The minimum absolute atomic E-state index is 0.239. The molecule has 27 heavy (non-hydrogen) atoms. The highest BCUT2D eigenvalue weighted by molar-refractivity contribution is 6.30. The third kappa shape index (κ3) is 2.24. The maximum Gasteiger partial charge on any atom is 0.254 e. The minimum Gasteiger partial charge on any atom is -0.369 e. The van der Waals surface area contributed by atoms with E-state index in [2.05, 4.69) is 28.9 Å². The zero-order valence-corrected chi connectivity index (χ0v) is 15.4. The molecule has 0 spiro atoms. The van der Waals surface area contributed by atoms with Crippen LogP contribution >= 0.6 is 11.6 Å². The highest BCUT2D eigenvalue weighted by atomic mass is 35.5. The number of nitrogens with one attached hydrogen (secondary N) is 1. The molecule has 1 aliphatic rings. The Hall–Kier alpha value is -2.82. The Morgan fingerprint density at radius 2 is 1.85 bits per heavy atom. The van der Waals surface area contributed by atoms with Crippen LogP contribution in [0.15, 0.2) is 54.6 Å². The summed E-state index contributed by atoms with van der Waals surface area (Å²) in [5.41, 5.74) is 5.03. The van der Waals surface area contributed by atoms with Crippen molar-refractivity contribution in [3.05, 3.63) is 70.7 Å². The number of aliphatic hydroxyl groups excluding tert-OH is 1. The molecular formula is C22H17ClN2O2. The molecule has 5 rings (SSSR count). The Bertz CT molecular complexity index is 1230. The van der Waals surface area contributed by atoms with E-state index in [1.165, 1.54) is 0 Å². The lowest BCUT2D eigenvalue weighted by Crippen LogP contribution is -2.18. The summed E-state index contributed by atoms with van der Waals surface area (Å²) in [5.74, 6) is -0.239. The molecule has 1 aromatic heterocycles. The van der Waals surface area contributed by atoms with E-state index in [9.17, 15) is 9.90 Å². The van der Waals surface area contributed by atoms with Crippen molar-refractivity contribution in [2.24, 2.45) is 0 Å². The van der Waals surface area contributed by atoms with Crippen LogP contribution in [0.3, 0.4) is 0 Å². The summed E-state index contributed by atoms with van der Waals surface area (Å²) < 4.78 is 2.21. The number of carbonyl (C=O) groups excluding carboxylic acids is 1. The van der Waals surface area contributed by atoms with Crippen molar-refractivity contribution in [3.8, 4) is 11.1 Å². The summed E-state index contributed by atoms with van der Waals surface area (Å²) in [6.45, 7) is 2.88. The fourth-order valence-corrected chi connectivity index (χ4v) is 4.34. The van der Waals surface area contributed by atoms with E-state index in [0.717, 1.165) is 39.5 Å². The van der Waals surface area contributed by atoms with Gasteiger partial charge in [-0.05, 0) is 42.3 Å². The topological polar surface area (TPSA) is 54.3 Å². The Labute approximate surface area is 161 Å². The van der Waals surface area contributed by atoms with E-state index in [1.807, 2.05) is 42.5 Å². The first-order chi connectivity index (χ1) is 13.1. The molecule has 1 unspecified atom stereocenters. The van der Waals surface area contributed by atoms with Gasteiger partial charge in [-0.15, -0.1) is 0 Å². The number of fused-ring (bicyclic) bond motifs is 5. The number of para-hydroxylation sites is 1. The largest absolute Gasteiger partial charge is 0.369 e. The summed E-state index contributed by atoms with van der Waals surface area (Å²) in [6, 6.07) is 17.6. The molecule has 1 atom stereocenters. The number of carbonyl (C=O) groups is 1. The second-order valence-electron chi connectivity index (χ2n) is 6.75. The molecular weight excluding hydrogens is 360 g/mol. The number of aliphatic hydroxyl groups is 1. The first-order valence-corrected chi connectivity index (χ1v) is 9.30. The fourth-order valence-electron chi connectivity index (χ4n) is 4.22. The number of aryl methyl sites for hydroxylation is 1. The van der Waals surface area contributed by atoms with Crippen LogP contribution in [-0.2, 0) is 6.54 Å². The van der Waals surface area contributed by atoms with Crippen LogP contribution in [0.1, 0.15) is 29.1 Å². The van der Waals surface area contributed by atoms with Crippen LogP contribution in [0.5, 0.6) is 0 Å². The van der Waals surface area contributed by atoms with Crippen molar-refractivity contribution in [1.29, 1.82) is 0 Å². The van der Waals surface area contributed by atoms with Crippen molar-refractivity contribution in [3.63, 3.8) is 0 Å². The van der Waals surface area contributed by atoms with E-state index >= 15 is 0 Å². The SMILES string of the molecule is CCn1c2ccccc2c2c3c(c(-c4ccc(Cl)cc4)cc21)C(O)NC3=O. The van der Waals surface area contributed by atoms with Crippen molar-refractivity contribution >= 4 is 39.3 Å². The molecule has 4 aromatic rings. The van der Waals surface area contributed by atoms with Crippen molar-refractivity contribution in [2.45, 2.75) is 19.7 Å². The second kappa shape index (κ2) is 5.84. The van der Waals surface area contributed by atoms with Crippen LogP contribution in [0.4, 0.5) is 0 Å². The third-order valence-electron chi connectivity index (χ3n) is 5.34. The molecule has 134 valence electrons. The molecule has 1 amide bonds. The van der Waals surface area contributed by atoms with E-state index < -0.39 is 6.23 Å². The van der Waals surface area contributed by atoms with E-state index in [0.29, 0.717) is 16.1 Å². The summed E-state index contributed by atoms with van der Waals surface area (Å²) in [7, 11) is 0. The molecule has 5 heteroatoms. The zero-order chi connectivity index (χ0) is 18.7. The van der Waals surface area contributed by atoms with Crippen LogP contribution in [0.25, 0.3) is 32.9 Å². The smallest absolute Gasteiger partial charge is 0.254 e. The summed E-state index contributed by atoms with van der Waals surface area (Å²) >= 11 is 6.04. The average molecular weight is 377 g/mol. The molecule has 0 fully saturated rings. The third-order valence-corrected chi connectivity index (χ3v) is 5.59. The maximum absolute atomic E-state index is 12.8. The first kappa shape index (κ1) is 16.4. The lowest BCUT2D eigenvalue weighted by atomic mass is 9.92. The molecule has 0 radical (unpaired) electrons. The standard InChI is InChI=1S/C22H17ClN2O2/c1-2-25-16-6-4-3-5-14(16)18-17(25)11-15(12-7-9-13(23)10-8-12)19-20(18)22(27)24-21(19)26/h3-11,21,26H,2H2,1H3,(H,24,27). The quantitative estimate of drug-likeness (QED) is 0.524. The Morgan fingerprint density at radius 3 is 2.59 bits per heavy atom. The minimum atomic E-state index is -1.02. The predicted octanol–water partition coefficient (Wildman–Crippen LogP) is 4.87. The average Bonchev–Trinajstić information content (AvgIpc) is 3.15. The van der Waals surface area contributed by atoms with Gasteiger partial charge in [-0.2, -0.15) is 0 Å². The monoisotopic (exact) mass is 376 g/mol. The van der Waals surface area contributed by atoms with Gasteiger partial charge in [0.2, 0.25) is 0 Å². The predicted molar refractivity (Wildman–Crippen MR) is 108 cm³/mol. The van der Waals surface area contributed by atoms with Gasteiger partial charge in [0.05, 0.1) is 11.1 Å². The highest BCUT2D eigenvalue weighted by Gasteiger charge is 2.34. The Kier molecular flexibility index (Phi) is 3.54. The number of nitrogens with zero attached hydrogens (tertiary/aromatic N) is 1. The summed E-state index contributed by atoms with van der Waals surface area (Å²) in [4.78, 5) is 12.8. The van der Waals surface area contributed by atoms with Gasteiger partial charge >= 0.3 is 0 Å². The number of aromatic nitrogens is 1.